The van der Waals surface area contributed by atoms with E-state index in [1.807, 2.05) is 81.1 Å². The van der Waals surface area contributed by atoms with Gasteiger partial charge in [-0.2, -0.15) is 0 Å². The second-order valence-electron chi connectivity index (χ2n) is 6.57. The molecule has 1 amide bonds. The van der Waals surface area contributed by atoms with Gasteiger partial charge in [0, 0.05) is 35.6 Å². The Bertz CT molecular complexity index is 652. The van der Waals surface area contributed by atoms with Crippen LogP contribution in [0.15, 0.2) is 48.5 Å². The van der Waals surface area contributed by atoms with Crippen LogP contribution in [0.25, 0.3) is 0 Å². The summed E-state index contributed by atoms with van der Waals surface area (Å²) in [6.45, 7) is 8.89. The van der Waals surface area contributed by atoms with Gasteiger partial charge in [0.25, 0.3) is 5.91 Å². The number of rotatable bonds is 6. The smallest absolute Gasteiger partial charge is 0.254 e. The second-order valence-corrected chi connectivity index (χ2v) is 6.57. The van der Waals surface area contributed by atoms with Crippen molar-refractivity contribution in [2.45, 2.75) is 46.3 Å². The molecule has 0 atom stereocenters. The number of nitrogens with zero attached hydrogens (tertiary/aromatic N) is 1. The van der Waals surface area contributed by atoms with Gasteiger partial charge in [0.15, 0.2) is 0 Å². The zero-order valence-corrected chi connectivity index (χ0v) is 14.9. The number of nitrogens with two attached hydrogens (primary N) is 1. The number of carbonyl (C=O) groups excluding carboxylic acids is 1. The summed E-state index contributed by atoms with van der Waals surface area (Å²) in [4.78, 5) is 14.5. The first-order valence-corrected chi connectivity index (χ1v) is 8.39. The Labute approximate surface area is 144 Å². The highest BCUT2D eigenvalue weighted by molar-refractivity contribution is 5.95. The van der Waals surface area contributed by atoms with Crippen LogP contribution >= 0.6 is 0 Å². The van der Waals surface area contributed by atoms with Crippen LogP contribution in [0.3, 0.4) is 0 Å². The third kappa shape index (κ3) is 4.51. The maximum absolute atomic E-state index is 12.6. The molecule has 0 spiro atoms. The molecule has 2 aromatic rings. The number of nitrogens with one attached hydrogen (secondary N) is 1. The van der Waals surface area contributed by atoms with E-state index in [0.717, 1.165) is 29.0 Å². The lowest BCUT2D eigenvalue weighted by molar-refractivity contribution is 0.0644. The van der Waals surface area contributed by atoms with Crippen LogP contribution in [-0.2, 0) is 6.54 Å². The van der Waals surface area contributed by atoms with Gasteiger partial charge in [0.1, 0.15) is 0 Å². The van der Waals surface area contributed by atoms with Gasteiger partial charge < -0.3 is 16.0 Å². The van der Waals surface area contributed by atoms with Crippen LogP contribution in [0, 0.1) is 0 Å². The molecule has 0 aliphatic carbocycles. The fourth-order valence-electron chi connectivity index (χ4n) is 2.78. The van der Waals surface area contributed by atoms with Crippen molar-refractivity contribution in [3.05, 3.63) is 59.7 Å². The Hall–Kier alpha value is -2.49. The van der Waals surface area contributed by atoms with Gasteiger partial charge in [-0.3, -0.25) is 4.79 Å². The van der Waals surface area contributed by atoms with Gasteiger partial charge in [0.2, 0.25) is 0 Å². The molecule has 24 heavy (non-hydrogen) atoms. The molecule has 0 saturated heterocycles. The Balaban J connectivity index is 2.02. The van der Waals surface area contributed by atoms with E-state index in [9.17, 15) is 4.79 Å². The van der Waals surface area contributed by atoms with Crippen LogP contribution in [0.5, 0.6) is 0 Å². The molecule has 0 heterocycles. The Morgan fingerprint density at radius 3 is 2.00 bits per heavy atom. The van der Waals surface area contributed by atoms with E-state index in [0.29, 0.717) is 0 Å². The molecular formula is C20H27N3O. The molecule has 4 heteroatoms. The van der Waals surface area contributed by atoms with Gasteiger partial charge in [-0.15, -0.1) is 0 Å². The lowest BCUT2D eigenvalue weighted by atomic mass is 10.1. The van der Waals surface area contributed by atoms with Crippen molar-refractivity contribution in [3.8, 4) is 0 Å². The summed E-state index contributed by atoms with van der Waals surface area (Å²) >= 11 is 0. The van der Waals surface area contributed by atoms with Crippen molar-refractivity contribution >= 4 is 17.3 Å². The Kier molecular flexibility index (Phi) is 5.85. The molecule has 0 radical (unpaired) electrons. The van der Waals surface area contributed by atoms with Crippen LogP contribution < -0.4 is 11.1 Å². The van der Waals surface area contributed by atoms with Crippen molar-refractivity contribution in [1.29, 1.82) is 0 Å². The molecule has 0 unspecified atom stereocenters. The maximum atomic E-state index is 12.6. The average Bonchev–Trinajstić information content (AvgIpc) is 2.54. The molecule has 2 aromatic carbocycles. The summed E-state index contributed by atoms with van der Waals surface area (Å²) in [5.41, 5.74) is 9.32. The zero-order valence-electron chi connectivity index (χ0n) is 14.9. The Morgan fingerprint density at radius 1 is 0.958 bits per heavy atom. The van der Waals surface area contributed by atoms with Gasteiger partial charge in [-0.05, 0) is 69.7 Å². The second kappa shape index (κ2) is 7.86. The number of hydrogen-bond acceptors (Lipinski definition) is 3. The topological polar surface area (TPSA) is 58.4 Å². The standard InChI is InChI=1S/C20H27N3O/c1-14(2)23(15(3)4)20(24)17-7-11-19(12-8-17)22-13-16-5-9-18(21)10-6-16/h5-12,14-15,22H,13,21H2,1-4H3. The summed E-state index contributed by atoms with van der Waals surface area (Å²) in [6.07, 6.45) is 0. The summed E-state index contributed by atoms with van der Waals surface area (Å²) in [7, 11) is 0. The van der Waals surface area contributed by atoms with E-state index < -0.39 is 0 Å². The quantitative estimate of drug-likeness (QED) is 0.785. The molecule has 0 aliphatic heterocycles. The first-order valence-electron chi connectivity index (χ1n) is 8.39. The Morgan fingerprint density at radius 2 is 1.50 bits per heavy atom. The molecule has 0 aliphatic rings. The normalized spacial score (nSPS) is 10.9. The van der Waals surface area contributed by atoms with E-state index in [2.05, 4.69) is 5.32 Å². The largest absolute Gasteiger partial charge is 0.399 e. The molecule has 0 fully saturated rings. The number of carbonyl (C=O) groups is 1. The minimum Gasteiger partial charge on any atom is -0.399 e. The van der Waals surface area contributed by atoms with E-state index >= 15 is 0 Å². The maximum Gasteiger partial charge on any atom is 0.254 e. The fraction of sp³-hybridized carbons (Fsp3) is 0.350. The SMILES string of the molecule is CC(C)N(C(=O)c1ccc(NCc2ccc(N)cc2)cc1)C(C)C. The number of anilines is 2. The molecule has 128 valence electrons. The highest BCUT2D eigenvalue weighted by Crippen LogP contribution is 2.16. The lowest BCUT2D eigenvalue weighted by Crippen LogP contribution is -2.42. The van der Waals surface area contributed by atoms with E-state index in [4.69, 9.17) is 5.73 Å². The zero-order chi connectivity index (χ0) is 17.7. The van der Waals surface area contributed by atoms with Crippen LogP contribution in [0.1, 0.15) is 43.6 Å². The minimum atomic E-state index is 0.0742. The number of hydrogen-bond donors (Lipinski definition) is 2. The summed E-state index contributed by atoms with van der Waals surface area (Å²) in [5, 5.41) is 3.36. The van der Waals surface area contributed by atoms with Crippen LogP contribution in [-0.4, -0.2) is 22.9 Å². The molecule has 0 saturated carbocycles. The summed E-state index contributed by atoms with van der Waals surface area (Å²) in [5.74, 6) is 0.0742. The van der Waals surface area contributed by atoms with Crippen LogP contribution in [0.4, 0.5) is 11.4 Å². The third-order valence-electron chi connectivity index (χ3n) is 3.96. The highest BCUT2D eigenvalue weighted by Gasteiger charge is 2.21. The predicted molar refractivity (Wildman–Crippen MR) is 101 cm³/mol. The first-order chi connectivity index (χ1) is 11.4. The third-order valence-corrected chi connectivity index (χ3v) is 3.96. The van der Waals surface area contributed by atoms with Gasteiger partial charge in [-0.1, -0.05) is 12.1 Å². The fourth-order valence-corrected chi connectivity index (χ4v) is 2.78. The van der Waals surface area contributed by atoms with Gasteiger partial charge >= 0.3 is 0 Å². The number of benzene rings is 2. The van der Waals surface area contributed by atoms with Crippen molar-refractivity contribution in [2.75, 3.05) is 11.1 Å². The molecule has 2 rings (SSSR count). The molecule has 0 bridgehead atoms. The van der Waals surface area contributed by atoms with Crippen molar-refractivity contribution in [2.24, 2.45) is 0 Å². The van der Waals surface area contributed by atoms with Crippen molar-refractivity contribution in [1.82, 2.24) is 4.90 Å². The molecular weight excluding hydrogens is 298 g/mol. The van der Waals surface area contributed by atoms with E-state index in [1.54, 1.807) is 0 Å². The van der Waals surface area contributed by atoms with Crippen molar-refractivity contribution in [3.63, 3.8) is 0 Å². The van der Waals surface area contributed by atoms with Crippen LogP contribution in [0.2, 0.25) is 0 Å². The minimum absolute atomic E-state index is 0.0742. The monoisotopic (exact) mass is 325 g/mol. The van der Waals surface area contributed by atoms with E-state index in [1.165, 1.54) is 0 Å². The lowest BCUT2D eigenvalue weighted by Gasteiger charge is -2.30. The molecule has 0 aromatic heterocycles. The van der Waals surface area contributed by atoms with E-state index in [-0.39, 0.29) is 18.0 Å². The number of nitrogen functional groups attached to an aromatic ring is 1. The van der Waals surface area contributed by atoms with Crippen molar-refractivity contribution < 1.29 is 4.79 Å². The summed E-state index contributed by atoms with van der Waals surface area (Å²) < 4.78 is 0. The van der Waals surface area contributed by atoms with Gasteiger partial charge in [0.05, 0.1) is 0 Å². The molecule has 3 N–H and O–H groups in total. The predicted octanol–water partition coefficient (Wildman–Crippen LogP) is 4.14. The molecule has 4 nitrogen and oxygen atoms in total. The van der Waals surface area contributed by atoms with Gasteiger partial charge in [-0.25, -0.2) is 0 Å². The highest BCUT2D eigenvalue weighted by atomic mass is 16.2. The average molecular weight is 325 g/mol. The summed E-state index contributed by atoms with van der Waals surface area (Å²) in [6, 6.07) is 15.8. The number of amides is 1. The first kappa shape index (κ1) is 17.9.